The number of hydrogen-bond donors (Lipinski definition) is 3. The molecule has 0 aliphatic rings. The fourth-order valence-electron chi connectivity index (χ4n) is 1.49. The smallest absolute Gasteiger partial charge is 0.304 e. The molecule has 0 unspecified atom stereocenters. The predicted molar refractivity (Wildman–Crippen MR) is 70.9 cm³/mol. The Bertz CT molecular complexity index is 564. The van der Waals surface area contributed by atoms with Crippen LogP contribution >= 0.6 is 0 Å². The molecule has 0 aromatic heterocycles. The van der Waals surface area contributed by atoms with E-state index in [9.17, 15) is 4.79 Å². The Balaban J connectivity index is 1.99. The highest BCUT2D eigenvalue weighted by Gasteiger charge is 2.05. The number of hydrogen-bond acceptors (Lipinski definition) is 2. The molecule has 2 rings (SSSR count). The van der Waals surface area contributed by atoms with Crippen molar-refractivity contribution in [2.75, 3.05) is 5.73 Å². The second kappa shape index (κ2) is 5.63. The zero-order valence-electron chi connectivity index (χ0n) is 9.76. The van der Waals surface area contributed by atoms with Crippen LogP contribution in [0.1, 0.15) is 15.9 Å². The van der Waals surface area contributed by atoms with Crippen LogP contribution in [-0.2, 0) is 0 Å². The number of nitrogens with two attached hydrogens (primary N) is 1. The summed E-state index contributed by atoms with van der Waals surface area (Å²) < 4.78 is 0. The Morgan fingerprint density at radius 2 is 1.89 bits per heavy atom. The molecule has 0 fully saturated rings. The van der Waals surface area contributed by atoms with Crippen molar-refractivity contribution in [1.29, 1.82) is 0 Å². The van der Waals surface area contributed by atoms with E-state index in [0.717, 1.165) is 5.56 Å². The van der Waals surface area contributed by atoms with Crippen molar-refractivity contribution in [3.63, 3.8) is 0 Å². The molecule has 0 saturated heterocycles. The first-order chi connectivity index (χ1) is 8.75. The second-order valence-corrected chi connectivity index (χ2v) is 3.78. The van der Waals surface area contributed by atoms with Crippen LogP contribution in [0, 0.1) is 0 Å². The van der Waals surface area contributed by atoms with E-state index in [4.69, 9.17) is 5.73 Å². The van der Waals surface area contributed by atoms with Crippen molar-refractivity contribution in [3.05, 3.63) is 65.7 Å². The van der Waals surface area contributed by atoms with Crippen molar-refractivity contribution >= 4 is 17.8 Å². The Morgan fingerprint density at radius 1 is 1.11 bits per heavy atom. The van der Waals surface area contributed by atoms with Crippen molar-refractivity contribution in [1.82, 2.24) is 5.43 Å². The van der Waals surface area contributed by atoms with Gasteiger partial charge in [-0.25, -0.2) is 0 Å². The van der Waals surface area contributed by atoms with Crippen LogP contribution in [-0.4, -0.2) is 12.1 Å². The number of rotatable bonds is 3. The molecule has 4 N–H and O–H groups in total. The highest BCUT2D eigenvalue weighted by molar-refractivity contribution is 5.94. The zero-order chi connectivity index (χ0) is 12.8. The van der Waals surface area contributed by atoms with Gasteiger partial charge in [0.05, 0.1) is 0 Å². The normalized spacial score (nSPS) is 10.4. The number of nitrogen functional groups attached to an aromatic ring is 1. The SMILES string of the molecule is Nc1cccc(C(=O)N/[NH+]=C/c2ccccc2)c1. The topological polar surface area (TPSA) is 69.1 Å². The molecular formula is C14H14N3O+. The molecule has 4 nitrogen and oxygen atoms in total. The molecule has 0 spiro atoms. The van der Waals surface area contributed by atoms with Crippen molar-refractivity contribution < 1.29 is 9.90 Å². The summed E-state index contributed by atoms with van der Waals surface area (Å²) in [5.74, 6) is -0.227. The van der Waals surface area contributed by atoms with Gasteiger partial charge in [0.2, 0.25) is 0 Å². The maximum Gasteiger partial charge on any atom is 0.304 e. The minimum absolute atomic E-state index is 0.227. The summed E-state index contributed by atoms with van der Waals surface area (Å²) in [5, 5.41) is 2.75. The first-order valence-corrected chi connectivity index (χ1v) is 5.55. The average Bonchev–Trinajstić information content (AvgIpc) is 2.40. The number of amides is 1. The number of hydrazone groups is 1. The van der Waals surface area contributed by atoms with Gasteiger partial charge in [-0.3, -0.25) is 4.79 Å². The van der Waals surface area contributed by atoms with Gasteiger partial charge in [-0.2, -0.15) is 0 Å². The Morgan fingerprint density at radius 3 is 2.61 bits per heavy atom. The first-order valence-electron chi connectivity index (χ1n) is 5.55. The summed E-state index contributed by atoms with van der Waals surface area (Å²) in [6.07, 6.45) is 1.71. The fourth-order valence-corrected chi connectivity index (χ4v) is 1.49. The predicted octanol–water partition coefficient (Wildman–Crippen LogP) is 0.113. The van der Waals surface area contributed by atoms with E-state index >= 15 is 0 Å². The molecule has 90 valence electrons. The largest absolute Gasteiger partial charge is 0.399 e. The maximum absolute atomic E-state index is 11.7. The Hall–Kier alpha value is -2.62. The lowest BCUT2D eigenvalue weighted by molar-refractivity contribution is -0.503. The molecule has 0 aliphatic carbocycles. The number of nitrogens with one attached hydrogen (secondary N) is 2. The van der Waals surface area contributed by atoms with Crippen LogP contribution in [0.4, 0.5) is 5.69 Å². The molecule has 1 amide bonds. The Kier molecular flexibility index (Phi) is 3.71. The zero-order valence-corrected chi connectivity index (χ0v) is 9.76. The third kappa shape index (κ3) is 3.18. The minimum atomic E-state index is -0.227. The molecule has 0 radical (unpaired) electrons. The van der Waals surface area contributed by atoms with Crippen LogP contribution in [0.3, 0.4) is 0 Å². The lowest BCUT2D eigenvalue weighted by Gasteiger charge is -1.97. The number of hydrazine groups is 1. The van der Waals surface area contributed by atoms with Gasteiger partial charge in [-0.15, -0.1) is 10.5 Å². The van der Waals surface area contributed by atoms with Crippen LogP contribution < -0.4 is 16.3 Å². The fraction of sp³-hybridized carbons (Fsp3) is 0. The van der Waals surface area contributed by atoms with Gasteiger partial charge < -0.3 is 5.73 Å². The van der Waals surface area contributed by atoms with Crippen molar-refractivity contribution in [3.8, 4) is 0 Å². The standard InChI is InChI=1S/C14H13N3O/c15-13-8-4-7-12(9-13)14(18)17-16-10-11-5-2-1-3-6-11/h1-10H,15H2,(H,17,18)/p+1/b16-10+. The van der Waals surface area contributed by atoms with E-state index in [1.807, 2.05) is 30.3 Å². The third-order valence-electron chi connectivity index (χ3n) is 2.37. The summed E-state index contributed by atoms with van der Waals surface area (Å²) >= 11 is 0. The third-order valence-corrected chi connectivity index (χ3v) is 2.37. The molecule has 18 heavy (non-hydrogen) atoms. The number of carbonyl (C=O) groups is 1. The van der Waals surface area contributed by atoms with Gasteiger partial charge in [0, 0.05) is 16.8 Å². The number of benzene rings is 2. The molecule has 0 bridgehead atoms. The van der Waals surface area contributed by atoms with Gasteiger partial charge >= 0.3 is 5.91 Å². The second-order valence-electron chi connectivity index (χ2n) is 3.78. The van der Waals surface area contributed by atoms with Gasteiger partial charge in [0.25, 0.3) is 0 Å². The monoisotopic (exact) mass is 240 g/mol. The van der Waals surface area contributed by atoms with Gasteiger partial charge in [-0.1, -0.05) is 24.3 Å². The van der Waals surface area contributed by atoms with Crippen LogP contribution in [0.15, 0.2) is 54.6 Å². The van der Waals surface area contributed by atoms with E-state index in [2.05, 4.69) is 10.5 Å². The van der Waals surface area contributed by atoms with Crippen LogP contribution in [0.2, 0.25) is 0 Å². The van der Waals surface area contributed by atoms with E-state index in [-0.39, 0.29) is 5.91 Å². The molecule has 0 aliphatic heterocycles. The van der Waals surface area contributed by atoms with Crippen molar-refractivity contribution in [2.24, 2.45) is 0 Å². The summed E-state index contributed by atoms with van der Waals surface area (Å²) in [5.41, 5.74) is 10.2. The molecule has 0 heterocycles. The minimum Gasteiger partial charge on any atom is -0.399 e. The maximum atomic E-state index is 11.7. The summed E-state index contributed by atoms with van der Waals surface area (Å²) in [7, 11) is 0. The lowest BCUT2D eigenvalue weighted by Crippen LogP contribution is -2.81. The van der Waals surface area contributed by atoms with E-state index < -0.39 is 0 Å². The van der Waals surface area contributed by atoms with Gasteiger partial charge in [0.15, 0.2) is 6.21 Å². The summed E-state index contributed by atoms with van der Waals surface area (Å²) in [4.78, 5) is 11.7. The molecule has 2 aromatic carbocycles. The number of anilines is 1. The molecule has 2 aromatic rings. The Labute approximate surface area is 105 Å². The van der Waals surface area contributed by atoms with Crippen LogP contribution in [0.25, 0.3) is 0 Å². The summed E-state index contributed by atoms with van der Waals surface area (Å²) in [6.45, 7) is 0. The van der Waals surface area contributed by atoms with E-state index in [1.54, 1.807) is 30.5 Å². The highest BCUT2D eigenvalue weighted by atomic mass is 16.2. The van der Waals surface area contributed by atoms with E-state index in [0.29, 0.717) is 11.3 Å². The van der Waals surface area contributed by atoms with Crippen LogP contribution in [0.5, 0.6) is 0 Å². The quantitative estimate of drug-likeness (QED) is 0.405. The highest BCUT2D eigenvalue weighted by Crippen LogP contribution is 2.05. The molecular weight excluding hydrogens is 226 g/mol. The first kappa shape index (κ1) is 11.9. The lowest BCUT2D eigenvalue weighted by atomic mass is 10.2. The molecule has 0 saturated carbocycles. The van der Waals surface area contributed by atoms with Gasteiger partial charge in [0.1, 0.15) is 0 Å². The molecule has 0 atom stereocenters. The average molecular weight is 240 g/mol. The van der Waals surface area contributed by atoms with Crippen molar-refractivity contribution in [2.45, 2.75) is 0 Å². The molecule has 4 heteroatoms. The van der Waals surface area contributed by atoms with E-state index in [1.165, 1.54) is 0 Å². The summed E-state index contributed by atoms with van der Waals surface area (Å²) in [6, 6.07) is 16.4. The number of carbonyl (C=O) groups excluding carboxylic acids is 1. The van der Waals surface area contributed by atoms with Gasteiger partial charge in [-0.05, 0) is 30.3 Å².